The third-order valence-electron chi connectivity index (χ3n) is 6.51. The number of fused-ring (bicyclic) bond motifs is 1. The van der Waals surface area contributed by atoms with Crippen molar-refractivity contribution in [3.8, 4) is 0 Å². The molecule has 3 aliphatic rings. The van der Waals surface area contributed by atoms with Crippen molar-refractivity contribution in [2.45, 2.75) is 83.7 Å². The highest BCUT2D eigenvalue weighted by atomic mass is 15.2. The first-order valence-corrected chi connectivity index (χ1v) is 9.24. The number of hydrogen-bond acceptors (Lipinski definition) is 2. The molecule has 1 heterocycles. The molecule has 2 unspecified atom stereocenters. The second-order valence-electron chi connectivity index (χ2n) is 7.73. The van der Waals surface area contributed by atoms with Crippen molar-refractivity contribution in [2.24, 2.45) is 11.3 Å². The van der Waals surface area contributed by atoms with E-state index in [-0.39, 0.29) is 0 Å². The Kier molecular flexibility index (Phi) is 4.72. The fraction of sp³-hybridized carbons (Fsp3) is 1.00. The first-order chi connectivity index (χ1) is 9.76. The third-order valence-corrected chi connectivity index (χ3v) is 6.51. The Hall–Kier alpha value is -0.0800. The van der Waals surface area contributed by atoms with Gasteiger partial charge in [0.05, 0.1) is 0 Å². The van der Waals surface area contributed by atoms with Crippen LogP contribution in [0, 0.1) is 11.3 Å². The fourth-order valence-electron chi connectivity index (χ4n) is 4.56. The van der Waals surface area contributed by atoms with Crippen LogP contribution < -0.4 is 5.32 Å². The molecule has 3 rings (SSSR count). The summed E-state index contributed by atoms with van der Waals surface area (Å²) in [5.74, 6) is 1.03. The third kappa shape index (κ3) is 3.22. The minimum atomic E-state index is 0.523. The maximum atomic E-state index is 3.82. The highest BCUT2D eigenvalue weighted by Crippen LogP contribution is 2.39. The summed E-state index contributed by atoms with van der Waals surface area (Å²) < 4.78 is 0. The second kappa shape index (κ2) is 6.36. The van der Waals surface area contributed by atoms with E-state index in [9.17, 15) is 0 Å². The van der Waals surface area contributed by atoms with E-state index < -0.39 is 0 Å². The van der Waals surface area contributed by atoms with Crippen LogP contribution in [0.3, 0.4) is 0 Å². The summed E-state index contributed by atoms with van der Waals surface area (Å²) in [7, 11) is 0. The Balaban J connectivity index is 1.59. The van der Waals surface area contributed by atoms with Crippen molar-refractivity contribution in [1.29, 1.82) is 0 Å². The zero-order valence-electron chi connectivity index (χ0n) is 13.7. The van der Waals surface area contributed by atoms with Gasteiger partial charge in [-0.15, -0.1) is 0 Å². The Morgan fingerprint density at radius 1 is 1.00 bits per heavy atom. The lowest BCUT2D eigenvalue weighted by molar-refractivity contribution is 0.0999. The fourth-order valence-corrected chi connectivity index (χ4v) is 4.56. The molecule has 3 fully saturated rings. The maximum absolute atomic E-state index is 3.82. The molecule has 2 nitrogen and oxygen atoms in total. The SMILES string of the molecule is CCC(CC)(CNC1CC1)CN1CCC2CCCCC21. The van der Waals surface area contributed by atoms with Gasteiger partial charge in [0.25, 0.3) is 0 Å². The number of nitrogens with one attached hydrogen (secondary N) is 1. The second-order valence-corrected chi connectivity index (χ2v) is 7.73. The van der Waals surface area contributed by atoms with Crippen LogP contribution in [0.25, 0.3) is 0 Å². The molecule has 1 aliphatic heterocycles. The van der Waals surface area contributed by atoms with Gasteiger partial charge in [0.1, 0.15) is 0 Å². The van der Waals surface area contributed by atoms with Gasteiger partial charge in [0.15, 0.2) is 0 Å². The van der Waals surface area contributed by atoms with Gasteiger partial charge < -0.3 is 5.32 Å². The molecule has 20 heavy (non-hydrogen) atoms. The Bertz CT molecular complexity index is 307. The Morgan fingerprint density at radius 2 is 1.75 bits per heavy atom. The average Bonchev–Trinajstić information content (AvgIpc) is 3.25. The van der Waals surface area contributed by atoms with Crippen LogP contribution in [0.4, 0.5) is 0 Å². The van der Waals surface area contributed by atoms with Gasteiger partial charge in [-0.05, 0) is 62.8 Å². The van der Waals surface area contributed by atoms with Gasteiger partial charge in [-0.25, -0.2) is 0 Å². The van der Waals surface area contributed by atoms with Crippen LogP contribution in [-0.4, -0.2) is 36.6 Å². The van der Waals surface area contributed by atoms with E-state index in [1.165, 1.54) is 77.4 Å². The van der Waals surface area contributed by atoms with E-state index in [0.29, 0.717) is 5.41 Å². The smallest absolute Gasteiger partial charge is 0.0124 e. The van der Waals surface area contributed by atoms with Gasteiger partial charge in [-0.3, -0.25) is 4.90 Å². The van der Waals surface area contributed by atoms with Crippen LogP contribution in [0.2, 0.25) is 0 Å². The number of likely N-dealkylation sites (tertiary alicyclic amines) is 1. The van der Waals surface area contributed by atoms with E-state index in [1.54, 1.807) is 0 Å². The summed E-state index contributed by atoms with van der Waals surface area (Å²) in [5.41, 5.74) is 0.523. The maximum Gasteiger partial charge on any atom is 0.0124 e. The quantitative estimate of drug-likeness (QED) is 0.762. The van der Waals surface area contributed by atoms with Crippen molar-refractivity contribution in [3.63, 3.8) is 0 Å². The zero-order valence-corrected chi connectivity index (χ0v) is 13.7. The molecule has 2 aliphatic carbocycles. The largest absolute Gasteiger partial charge is 0.313 e. The number of rotatable bonds is 7. The molecule has 1 N–H and O–H groups in total. The van der Waals surface area contributed by atoms with Crippen LogP contribution in [-0.2, 0) is 0 Å². The van der Waals surface area contributed by atoms with Crippen LogP contribution in [0.15, 0.2) is 0 Å². The molecule has 2 atom stereocenters. The molecule has 0 aromatic rings. The van der Waals surface area contributed by atoms with Crippen LogP contribution in [0.5, 0.6) is 0 Å². The molecular weight excluding hydrogens is 244 g/mol. The normalized spacial score (nSPS) is 31.5. The minimum Gasteiger partial charge on any atom is -0.313 e. The standard InChI is InChI=1S/C18H34N2/c1-3-18(4-2,13-19-16-9-10-16)14-20-12-11-15-7-5-6-8-17(15)20/h15-17,19H,3-14H2,1-2H3. The first-order valence-electron chi connectivity index (χ1n) is 9.24. The van der Waals surface area contributed by atoms with E-state index in [4.69, 9.17) is 0 Å². The van der Waals surface area contributed by atoms with Gasteiger partial charge >= 0.3 is 0 Å². The summed E-state index contributed by atoms with van der Waals surface area (Å²) in [6, 6.07) is 1.79. The van der Waals surface area contributed by atoms with Crippen molar-refractivity contribution < 1.29 is 0 Å². The topological polar surface area (TPSA) is 15.3 Å². The highest BCUT2D eigenvalue weighted by Gasteiger charge is 2.39. The minimum absolute atomic E-state index is 0.523. The Morgan fingerprint density at radius 3 is 2.45 bits per heavy atom. The summed E-state index contributed by atoms with van der Waals surface area (Å²) in [6.07, 6.45) is 12.9. The predicted octanol–water partition coefficient (Wildman–Crippen LogP) is 3.81. The van der Waals surface area contributed by atoms with Crippen molar-refractivity contribution in [1.82, 2.24) is 10.2 Å². The van der Waals surface area contributed by atoms with Crippen LogP contribution in [0.1, 0.15) is 71.6 Å². The summed E-state index contributed by atoms with van der Waals surface area (Å²) in [5, 5.41) is 3.82. The van der Waals surface area contributed by atoms with Crippen molar-refractivity contribution >= 4 is 0 Å². The van der Waals surface area contributed by atoms with Crippen molar-refractivity contribution in [2.75, 3.05) is 19.6 Å². The van der Waals surface area contributed by atoms with Crippen molar-refractivity contribution in [3.05, 3.63) is 0 Å². The van der Waals surface area contributed by atoms with E-state index in [0.717, 1.165) is 18.0 Å². The average molecular weight is 278 g/mol. The number of nitrogens with zero attached hydrogens (tertiary/aromatic N) is 1. The number of hydrogen-bond donors (Lipinski definition) is 1. The van der Waals surface area contributed by atoms with Gasteiger partial charge in [0.2, 0.25) is 0 Å². The van der Waals surface area contributed by atoms with E-state index >= 15 is 0 Å². The monoisotopic (exact) mass is 278 g/mol. The zero-order chi connectivity index (χ0) is 14.0. The molecule has 0 amide bonds. The molecule has 0 bridgehead atoms. The summed E-state index contributed by atoms with van der Waals surface area (Å²) in [4.78, 5) is 2.88. The molecule has 2 saturated carbocycles. The van der Waals surface area contributed by atoms with Gasteiger partial charge in [-0.2, -0.15) is 0 Å². The molecule has 0 spiro atoms. The van der Waals surface area contributed by atoms with E-state index in [2.05, 4.69) is 24.1 Å². The molecule has 0 aromatic carbocycles. The molecule has 116 valence electrons. The van der Waals surface area contributed by atoms with E-state index in [1.807, 2.05) is 0 Å². The highest BCUT2D eigenvalue weighted by molar-refractivity contribution is 4.95. The predicted molar refractivity (Wildman–Crippen MR) is 86.0 cm³/mol. The lowest BCUT2D eigenvalue weighted by atomic mass is 9.80. The lowest BCUT2D eigenvalue weighted by Gasteiger charge is -2.40. The Labute approximate surface area is 125 Å². The van der Waals surface area contributed by atoms with Gasteiger partial charge in [-0.1, -0.05) is 26.7 Å². The van der Waals surface area contributed by atoms with Gasteiger partial charge in [0, 0.05) is 25.2 Å². The lowest BCUT2D eigenvalue weighted by Crippen LogP contribution is -2.47. The van der Waals surface area contributed by atoms with Crippen LogP contribution >= 0.6 is 0 Å². The summed E-state index contributed by atoms with van der Waals surface area (Å²) in [6.45, 7) is 8.79. The molecule has 2 heteroatoms. The molecule has 0 aromatic heterocycles. The molecule has 0 radical (unpaired) electrons. The summed E-state index contributed by atoms with van der Waals surface area (Å²) >= 11 is 0. The molecular formula is C18H34N2. The first kappa shape index (κ1) is 14.8. The molecule has 1 saturated heterocycles.